The van der Waals surface area contributed by atoms with Crippen LogP contribution in [0.2, 0.25) is 0 Å². The average molecular weight is 488 g/mol. The van der Waals surface area contributed by atoms with Gasteiger partial charge < -0.3 is 14.8 Å². The number of nitrogens with zero attached hydrogens (tertiary/aromatic N) is 2. The highest BCUT2D eigenvalue weighted by atomic mass is 32.2. The largest absolute Gasteiger partial charge is 0.497 e. The molecule has 2 aromatic carbocycles. The summed E-state index contributed by atoms with van der Waals surface area (Å²) in [6.07, 6.45) is 3.95. The lowest BCUT2D eigenvalue weighted by Gasteiger charge is -2.28. The molecule has 0 radical (unpaired) electrons. The lowest BCUT2D eigenvalue weighted by Crippen LogP contribution is -2.37. The molecule has 2 heterocycles. The molecule has 0 aromatic heterocycles. The summed E-state index contributed by atoms with van der Waals surface area (Å²) in [5.74, 6) is 0.729. The molecule has 0 spiro atoms. The second-order valence-electron chi connectivity index (χ2n) is 8.72. The third-order valence-electron chi connectivity index (χ3n) is 6.65. The summed E-state index contributed by atoms with van der Waals surface area (Å²) in [6.45, 7) is 3.36. The molecule has 2 saturated heterocycles. The zero-order valence-corrected chi connectivity index (χ0v) is 20.6. The van der Waals surface area contributed by atoms with Gasteiger partial charge in [-0.1, -0.05) is 12.1 Å². The number of hydrogen-bond donors (Lipinski definition) is 1. The van der Waals surface area contributed by atoms with Crippen LogP contribution in [0.4, 0.5) is 0 Å². The lowest BCUT2D eigenvalue weighted by atomic mass is 10.0. The number of ether oxygens (including phenoxy) is 2. The van der Waals surface area contributed by atoms with Gasteiger partial charge in [-0.15, -0.1) is 0 Å². The van der Waals surface area contributed by atoms with Gasteiger partial charge in [-0.2, -0.15) is 4.31 Å². The molecule has 0 unspecified atom stereocenters. The van der Waals surface area contributed by atoms with E-state index >= 15 is 0 Å². The van der Waals surface area contributed by atoms with Gasteiger partial charge in [-0.3, -0.25) is 9.69 Å². The number of benzene rings is 2. The molecule has 1 N–H and O–H groups in total. The number of methoxy groups -OCH3 is 2. The van der Waals surface area contributed by atoms with Crippen LogP contribution in [0.15, 0.2) is 47.4 Å². The molecular weight excluding hydrogens is 454 g/mol. The van der Waals surface area contributed by atoms with Crippen LogP contribution in [-0.4, -0.2) is 70.5 Å². The number of likely N-dealkylation sites (tertiary alicyclic amines) is 1. The fourth-order valence-electron chi connectivity index (χ4n) is 4.72. The SMILES string of the molecule is COc1ccc([C@H](CNC(=O)c2ccc(OC)c(S(=O)(=O)N3CCCC3)c2)N2CCCC2)cc1. The standard InChI is InChI=1S/C25H33N3O5S/c1-32-21-10-7-19(8-11-21)22(27-13-3-4-14-27)18-26-25(29)20-9-12-23(33-2)24(17-20)34(30,31)28-15-5-6-16-28/h7-12,17,22H,3-6,13-16,18H2,1-2H3,(H,26,29)/t22-/m0/s1. The molecular formula is C25H33N3O5S. The summed E-state index contributed by atoms with van der Waals surface area (Å²) < 4.78 is 38.4. The maximum atomic E-state index is 13.2. The second-order valence-corrected chi connectivity index (χ2v) is 10.6. The Labute approximate surface area is 201 Å². The molecule has 0 bridgehead atoms. The van der Waals surface area contributed by atoms with Crippen molar-refractivity contribution in [3.05, 3.63) is 53.6 Å². The zero-order valence-electron chi connectivity index (χ0n) is 19.8. The van der Waals surface area contributed by atoms with Crippen LogP contribution in [0.5, 0.6) is 11.5 Å². The Morgan fingerprint density at radius 3 is 2.21 bits per heavy atom. The number of sulfonamides is 1. The monoisotopic (exact) mass is 487 g/mol. The number of hydrogen-bond acceptors (Lipinski definition) is 6. The fourth-order valence-corrected chi connectivity index (χ4v) is 6.41. The van der Waals surface area contributed by atoms with E-state index < -0.39 is 10.0 Å². The van der Waals surface area contributed by atoms with Crippen molar-refractivity contribution in [2.24, 2.45) is 0 Å². The van der Waals surface area contributed by atoms with Crippen molar-refractivity contribution in [2.45, 2.75) is 36.6 Å². The van der Waals surface area contributed by atoms with Crippen molar-refractivity contribution in [3.8, 4) is 11.5 Å². The van der Waals surface area contributed by atoms with Gasteiger partial charge in [-0.05, 0) is 74.7 Å². The third-order valence-corrected chi connectivity index (χ3v) is 8.57. The smallest absolute Gasteiger partial charge is 0.251 e. The minimum Gasteiger partial charge on any atom is -0.497 e. The van der Waals surface area contributed by atoms with Crippen LogP contribution in [0, 0.1) is 0 Å². The molecule has 34 heavy (non-hydrogen) atoms. The molecule has 2 fully saturated rings. The Morgan fingerprint density at radius 2 is 1.59 bits per heavy atom. The van der Waals surface area contributed by atoms with E-state index in [4.69, 9.17) is 9.47 Å². The van der Waals surface area contributed by atoms with Crippen molar-refractivity contribution < 1.29 is 22.7 Å². The first-order valence-electron chi connectivity index (χ1n) is 11.8. The number of carbonyl (C=O) groups is 1. The van der Waals surface area contributed by atoms with E-state index in [-0.39, 0.29) is 22.6 Å². The van der Waals surface area contributed by atoms with Crippen LogP contribution in [0.3, 0.4) is 0 Å². The van der Waals surface area contributed by atoms with Crippen molar-refractivity contribution >= 4 is 15.9 Å². The molecule has 9 heteroatoms. The van der Waals surface area contributed by atoms with Crippen molar-refractivity contribution in [3.63, 3.8) is 0 Å². The molecule has 0 aliphatic carbocycles. The van der Waals surface area contributed by atoms with E-state index in [0.29, 0.717) is 25.2 Å². The van der Waals surface area contributed by atoms with Crippen molar-refractivity contribution in [2.75, 3.05) is 46.9 Å². The van der Waals surface area contributed by atoms with E-state index in [9.17, 15) is 13.2 Å². The zero-order chi connectivity index (χ0) is 24.1. The van der Waals surface area contributed by atoms with E-state index in [2.05, 4.69) is 10.2 Å². The van der Waals surface area contributed by atoms with Gasteiger partial charge in [-0.25, -0.2) is 8.42 Å². The molecule has 8 nitrogen and oxygen atoms in total. The highest BCUT2D eigenvalue weighted by Gasteiger charge is 2.31. The van der Waals surface area contributed by atoms with Crippen molar-refractivity contribution in [1.29, 1.82) is 0 Å². The molecule has 1 amide bonds. The highest BCUT2D eigenvalue weighted by Crippen LogP contribution is 2.30. The molecule has 184 valence electrons. The van der Waals surface area contributed by atoms with Gasteiger partial charge >= 0.3 is 0 Å². The van der Waals surface area contributed by atoms with Crippen LogP contribution >= 0.6 is 0 Å². The van der Waals surface area contributed by atoms with Gasteiger partial charge in [0.1, 0.15) is 16.4 Å². The molecule has 2 aliphatic rings. The summed E-state index contributed by atoms with van der Waals surface area (Å²) in [6, 6.07) is 12.5. The molecule has 2 aliphatic heterocycles. The first-order valence-corrected chi connectivity index (χ1v) is 13.2. The Bertz CT molecular complexity index is 1090. The number of rotatable bonds is 9. The van der Waals surface area contributed by atoms with Gasteiger partial charge in [0.2, 0.25) is 10.0 Å². The number of carbonyl (C=O) groups excluding carboxylic acids is 1. The fraction of sp³-hybridized carbons (Fsp3) is 0.480. The quantitative estimate of drug-likeness (QED) is 0.585. The van der Waals surface area contributed by atoms with E-state index in [1.54, 1.807) is 19.2 Å². The average Bonchev–Trinajstić information content (AvgIpc) is 3.59. The number of amides is 1. The summed E-state index contributed by atoms with van der Waals surface area (Å²) >= 11 is 0. The molecule has 2 aromatic rings. The van der Waals surface area contributed by atoms with E-state index in [1.165, 1.54) is 17.5 Å². The summed E-state index contributed by atoms with van der Waals surface area (Å²) in [5.41, 5.74) is 1.41. The minimum absolute atomic E-state index is 0.0309. The number of nitrogens with one attached hydrogen (secondary N) is 1. The Balaban J connectivity index is 1.53. The lowest BCUT2D eigenvalue weighted by molar-refractivity contribution is 0.0937. The summed E-state index contributed by atoms with van der Waals surface area (Å²) in [4.78, 5) is 15.5. The van der Waals surface area contributed by atoms with Crippen molar-refractivity contribution in [1.82, 2.24) is 14.5 Å². The first-order chi connectivity index (χ1) is 16.4. The van der Waals surface area contributed by atoms with Gasteiger partial charge in [0.15, 0.2) is 0 Å². The Hall–Kier alpha value is -2.62. The van der Waals surface area contributed by atoms with Crippen LogP contribution in [0.1, 0.15) is 47.6 Å². The van der Waals surface area contributed by atoms with Gasteiger partial charge in [0.25, 0.3) is 5.91 Å². The first kappa shape index (κ1) is 24.5. The third kappa shape index (κ3) is 5.21. The topological polar surface area (TPSA) is 88.2 Å². The summed E-state index contributed by atoms with van der Waals surface area (Å²) in [5, 5.41) is 3.03. The van der Waals surface area contributed by atoms with Crippen LogP contribution in [-0.2, 0) is 10.0 Å². The second kappa shape index (κ2) is 10.8. The predicted molar refractivity (Wildman–Crippen MR) is 130 cm³/mol. The maximum absolute atomic E-state index is 13.2. The minimum atomic E-state index is -3.72. The maximum Gasteiger partial charge on any atom is 0.251 e. The predicted octanol–water partition coefficient (Wildman–Crippen LogP) is 3.06. The van der Waals surface area contributed by atoms with Crippen LogP contribution in [0.25, 0.3) is 0 Å². The molecule has 0 saturated carbocycles. The van der Waals surface area contributed by atoms with E-state index in [0.717, 1.165) is 50.1 Å². The molecule has 1 atom stereocenters. The van der Waals surface area contributed by atoms with Gasteiger partial charge in [0.05, 0.1) is 20.3 Å². The normalized spacial score (nSPS) is 18.1. The Morgan fingerprint density at radius 1 is 0.941 bits per heavy atom. The van der Waals surface area contributed by atoms with E-state index in [1.807, 2.05) is 24.3 Å². The molecule has 4 rings (SSSR count). The highest BCUT2D eigenvalue weighted by molar-refractivity contribution is 7.89. The van der Waals surface area contributed by atoms with Crippen LogP contribution < -0.4 is 14.8 Å². The Kier molecular flexibility index (Phi) is 7.75. The van der Waals surface area contributed by atoms with Gasteiger partial charge in [0, 0.05) is 25.2 Å². The summed E-state index contributed by atoms with van der Waals surface area (Å²) in [7, 11) is -0.646.